The SMILES string of the molecule is CC(C)c1nnc(Nc2cnc(C#N)cn2)cc1NC[C@@H]1CNCCO1. The summed E-state index contributed by atoms with van der Waals surface area (Å²) in [6.07, 6.45) is 3.02. The highest BCUT2D eigenvalue weighted by atomic mass is 16.5. The summed E-state index contributed by atoms with van der Waals surface area (Å²) in [7, 11) is 0. The maximum atomic E-state index is 8.79. The lowest BCUT2D eigenvalue weighted by Crippen LogP contribution is -2.42. The average Bonchev–Trinajstić information content (AvgIpc) is 2.68. The molecule has 0 aromatic carbocycles. The molecule has 3 N–H and O–H groups in total. The fourth-order valence-electron chi connectivity index (χ4n) is 2.59. The summed E-state index contributed by atoms with van der Waals surface area (Å²) in [5, 5.41) is 27.1. The zero-order valence-corrected chi connectivity index (χ0v) is 14.9. The monoisotopic (exact) mass is 354 g/mol. The molecule has 0 saturated carbocycles. The Balaban J connectivity index is 1.73. The van der Waals surface area contributed by atoms with Gasteiger partial charge in [-0.3, -0.25) is 0 Å². The molecule has 0 spiro atoms. The van der Waals surface area contributed by atoms with Crippen molar-refractivity contribution < 1.29 is 4.74 Å². The van der Waals surface area contributed by atoms with Crippen molar-refractivity contribution in [1.82, 2.24) is 25.5 Å². The standard InChI is InChI=1S/C17H22N8O/c1-11(2)17-14(21-9-13-8-19-3-4-26-13)5-15(24-25-17)23-16-10-20-12(6-18)7-22-16/h5,7,10-11,13,19H,3-4,8-9H2,1-2H3,(H2,21,22,23,24)/t13-/m0/s1. The Morgan fingerprint density at radius 3 is 2.85 bits per heavy atom. The summed E-state index contributed by atoms with van der Waals surface area (Å²) < 4.78 is 5.73. The van der Waals surface area contributed by atoms with Gasteiger partial charge in [0.05, 0.1) is 36.5 Å². The summed E-state index contributed by atoms with van der Waals surface area (Å²) in [4.78, 5) is 8.12. The normalized spacial score (nSPS) is 16.9. The van der Waals surface area contributed by atoms with E-state index in [0.717, 1.165) is 31.1 Å². The molecule has 26 heavy (non-hydrogen) atoms. The van der Waals surface area contributed by atoms with Crippen LogP contribution in [0.4, 0.5) is 17.3 Å². The minimum absolute atomic E-state index is 0.123. The van der Waals surface area contributed by atoms with Crippen molar-refractivity contribution in [1.29, 1.82) is 5.26 Å². The van der Waals surface area contributed by atoms with E-state index < -0.39 is 0 Å². The maximum absolute atomic E-state index is 8.79. The molecule has 1 aliphatic rings. The molecule has 3 heterocycles. The molecule has 2 aromatic heterocycles. The quantitative estimate of drug-likeness (QED) is 0.707. The fourth-order valence-corrected chi connectivity index (χ4v) is 2.59. The van der Waals surface area contributed by atoms with Crippen LogP contribution in [-0.4, -0.2) is 52.5 Å². The summed E-state index contributed by atoms with van der Waals surface area (Å²) in [5.41, 5.74) is 2.07. The number of ether oxygens (including phenoxy) is 1. The predicted octanol–water partition coefficient (Wildman–Crippen LogP) is 1.41. The number of rotatable bonds is 6. The van der Waals surface area contributed by atoms with Gasteiger partial charge < -0.3 is 20.7 Å². The van der Waals surface area contributed by atoms with Gasteiger partial charge in [0.2, 0.25) is 0 Å². The van der Waals surface area contributed by atoms with Crippen LogP contribution in [0.5, 0.6) is 0 Å². The van der Waals surface area contributed by atoms with Gasteiger partial charge in [0, 0.05) is 25.7 Å². The number of morpholine rings is 1. The highest BCUT2D eigenvalue weighted by Crippen LogP contribution is 2.24. The summed E-state index contributed by atoms with van der Waals surface area (Å²) >= 11 is 0. The van der Waals surface area contributed by atoms with Crippen molar-refractivity contribution in [2.45, 2.75) is 25.9 Å². The molecule has 0 amide bonds. The summed E-state index contributed by atoms with van der Waals surface area (Å²) in [5.74, 6) is 1.29. The molecule has 0 unspecified atom stereocenters. The molecular formula is C17H22N8O. The molecule has 1 aliphatic heterocycles. The molecule has 0 bridgehead atoms. The van der Waals surface area contributed by atoms with Crippen LogP contribution < -0.4 is 16.0 Å². The first-order chi connectivity index (χ1) is 12.7. The zero-order chi connectivity index (χ0) is 18.4. The van der Waals surface area contributed by atoms with Gasteiger partial charge in [-0.25, -0.2) is 9.97 Å². The van der Waals surface area contributed by atoms with Gasteiger partial charge in [0.1, 0.15) is 11.9 Å². The van der Waals surface area contributed by atoms with Crippen LogP contribution in [0.15, 0.2) is 18.5 Å². The third-order valence-corrected chi connectivity index (χ3v) is 3.92. The largest absolute Gasteiger partial charge is 0.381 e. The van der Waals surface area contributed by atoms with Crippen molar-refractivity contribution in [2.75, 3.05) is 36.9 Å². The van der Waals surface area contributed by atoms with E-state index in [1.54, 1.807) is 0 Å². The van der Waals surface area contributed by atoms with Crippen LogP contribution in [0.3, 0.4) is 0 Å². The van der Waals surface area contributed by atoms with E-state index >= 15 is 0 Å². The second-order valence-corrected chi connectivity index (χ2v) is 6.28. The first kappa shape index (κ1) is 18.0. The number of nitrogens with one attached hydrogen (secondary N) is 3. The lowest BCUT2D eigenvalue weighted by atomic mass is 10.1. The third kappa shape index (κ3) is 4.62. The van der Waals surface area contributed by atoms with Gasteiger partial charge in [0.15, 0.2) is 11.5 Å². The van der Waals surface area contributed by atoms with Crippen molar-refractivity contribution in [3.63, 3.8) is 0 Å². The van der Waals surface area contributed by atoms with Crippen LogP contribution in [0.2, 0.25) is 0 Å². The zero-order valence-electron chi connectivity index (χ0n) is 14.9. The molecule has 0 aliphatic carbocycles. The van der Waals surface area contributed by atoms with E-state index in [9.17, 15) is 0 Å². The van der Waals surface area contributed by atoms with E-state index in [-0.39, 0.29) is 17.7 Å². The van der Waals surface area contributed by atoms with Crippen LogP contribution >= 0.6 is 0 Å². The van der Waals surface area contributed by atoms with Crippen LogP contribution in [0, 0.1) is 11.3 Å². The number of anilines is 3. The van der Waals surface area contributed by atoms with Crippen molar-refractivity contribution >= 4 is 17.3 Å². The Bertz CT molecular complexity index is 765. The molecule has 9 heteroatoms. The van der Waals surface area contributed by atoms with Crippen molar-refractivity contribution in [3.8, 4) is 6.07 Å². The van der Waals surface area contributed by atoms with Gasteiger partial charge in [-0.1, -0.05) is 13.8 Å². The molecule has 2 aromatic rings. The van der Waals surface area contributed by atoms with Crippen LogP contribution in [0.1, 0.15) is 31.2 Å². The topological polar surface area (TPSA) is 121 Å². The van der Waals surface area contributed by atoms with Gasteiger partial charge in [-0.2, -0.15) is 10.4 Å². The van der Waals surface area contributed by atoms with Crippen LogP contribution in [-0.2, 0) is 4.74 Å². The van der Waals surface area contributed by atoms with Gasteiger partial charge >= 0.3 is 0 Å². The van der Waals surface area contributed by atoms with Crippen LogP contribution in [0.25, 0.3) is 0 Å². The minimum Gasteiger partial charge on any atom is -0.381 e. The Morgan fingerprint density at radius 2 is 2.19 bits per heavy atom. The van der Waals surface area contributed by atoms with E-state index in [1.165, 1.54) is 12.4 Å². The van der Waals surface area contributed by atoms with Gasteiger partial charge in [-0.05, 0) is 5.92 Å². The van der Waals surface area contributed by atoms with E-state index in [0.29, 0.717) is 18.2 Å². The molecule has 1 saturated heterocycles. The van der Waals surface area contributed by atoms with Crippen molar-refractivity contribution in [2.24, 2.45) is 0 Å². The average molecular weight is 354 g/mol. The number of nitrogens with zero attached hydrogens (tertiary/aromatic N) is 5. The highest BCUT2D eigenvalue weighted by Gasteiger charge is 2.16. The number of nitriles is 1. The van der Waals surface area contributed by atoms with E-state index in [1.807, 2.05) is 12.1 Å². The molecule has 136 valence electrons. The molecule has 3 rings (SSSR count). The number of hydrogen-bond acceptors (Lipinski definition) is 9. The first-order valence-corrected chi connectivity index (χ1v) is 8.58. The molecule has 1 atom stereocenters. The van der Waals surface area contributed by atoms with Crippen molar-refractivity contribution in [3.05, 3.63) is 29.8 Å². The number of hydrogen-bond donors (Lipinski definition) is 3. The maximum Gasteiger partial charge on any atom is 0.158 e. The van der Waals surface area contributed by atoms with Gasteiger partial charge in [-0.15, -0.1) is 5.10 Å². The second-order valence-electron chi connectivity index (χ2n) is 6.28. The summed E-state index contributed by atoms with van der Waals surface area (Å²) in [6, 6.07) is 3.84. The molecule has 0 radical (unpaired) electrons. The number of aromatic nitrogens is 4. The molecule has 9 nitrogen and oxygen atoms in total. The van der Waals surface area contributed by atoms with E-state index in [2.05, 4.69) is 50.0 Å². The smallest absolute Gasteiger partial charge is 0.158 e. The Labute approximate surface area is 152 Å². The predicted molar refractivity (Wildman–Crippen MR) is 97.3 cm³/mol. The molecule has 1 fully saturated rings. The lowest BCUT2D eigenvalue weighted by molar-refractivity contribution is 0.0372. The fraction of sp³-hybridized carbons (Fsp3) is 0.471. The third-order valence-electron chi connectivity index (χ3n) is 3.92. The lowest BCUT2D eigenvalue weighted by Gasteiger charge is -2.25. The Hall–Kier alpha value is -2.83. The van der Waals surface area contributed by atoms with Gasteiger partial charge in [0.25, 0.3) is 0 Å². The highest BCUT2D eigenvalue weighted by molar-refractivity contribution is 5.60. The summed E-state index contributed by atoms with van der Waals surface area (Å²) in [6.45, 7) is 7.29. The Morgan fingerprint density at radius 1 is 1.31 bits per heavy atom. The Kier molecular flexibility index (Phi) is 5.88. The molecular weight excluding hydrogens is 332 g/mol. The van der Waals surface area contributed by atoms with E-state index in [4.69, 9.17) is 10.00 Å². The minimum atomic E-state index is 0.123. The second kappa shape index (κ2) is 8.51. The first-order valence-electron chi connectivity index (χ1n) is 8.58.